The Morgan fingerprint density at radius 3 is 2.23 bits per heavy atom. The van der Waals surface area contributed by atoms with Crippen molar-refractivity contribution < 1.29 is 50.1 Å². The number of benzene rings is 2. The maximum absolute atomic E-state index is 14.8. The molecule has 2 saturated heterocycles. The van der Waals surface area contributed by atoms with Crippen LogP contribution in [-0.4, -0.2) is 91.3 Å². The second-order valence-corrected chi connectivity index (χ2v) is 12.4. The van der Waals surface area contributed by atoms with Crippen LogP contribution in [0.3, 0.4) is 0 Å². The molecule has 5 rings (SSSR count). The Morgan fingerprint density at radius 1 is 0.904 bits per heavy atom. The maximum atomic E-state index is 14.8. The number of pyridine rings is 1. The predicted octanol–water partition coefficient (Wildman–Crippen LogP) is 7.35. The van der Waals surface area contributed by atoms with Crippen LogP contribution in [0.25, 0.3) is 0 Å². The number of alkyl halides is 6. The molecule has 3 heterocycles. The van der Waals surface area contributed by atoms with E-state index in [1.54, 1.807) is 18.9 Å². The van der Waals surface area contributed by atoms with Crippen molar-refractivity contribution in [2.45, 2.75) is 64.0 Å². The number of piperazine rings is 1. The first-order valence-electron chi connectivity index (χ1n) is 16.7. The zero-order valence-corrected chi connectivity index (χ0v) is 28.3. The van der Waals surface area contributed by atoms with Gasteiger partial charge in [0, 0.05) is 58.6 Å². The Labute approximate surface area is 299 Å². The van der Waals surface area contributed by atoms with Crippen LogP contribution < -0.4 is 14.4 Å². The van der Waals surface area contributed by atoms with Crippen molar-refractivity contribution in [3.63, 3.8) is 0 Å². The van der Waals surface area contributed by atoms with Crippen LogP contribution in [0, 0.1) is 0 Å². The second-order valence-electron chi connectivity index (χ2n) is 12.4. The molecule has 2 amide bonds. The molecule has 52 heavy (non-hydrogen) atoms. The second kappa shape index (κ2) is 16.9. The number of hydrogen-bond acceptors (Lipinski definition) is 7. The summed E-state index contributed by atoms with van der Waals surface area (Å²) in [5.41, 5.74) is -3.73. The van der Waals surface area contributed by atoms with Crippen molar-refractivity contribution in [3.8, 4) is 11.5 Å². The molecule has 1 aromatic heterocycles. The summed E-state index contributed by atoms with van der Waals surface area (Å²) in [7, 11) is 1.57. The monoisotopic (exact) mass is 738 g/mol. The maximum Gasteiger partial charge on any atom is 0.417 e. The van der Waals surface area contributed by atoms with Crippen molar-refractivity contribution in [1.29, 1.82) is 0 Å². The van der Waals surface area contributed by atoms with Gasteiger partial charge in [-0.05, 0) is 55.3 Å². The Kier molecular flexibility index (Phi) is 13.1. The fourth-order valence-corrected chi connectivity index (χ4v) is 6.79. The molecular weight excluding hydrogens is 694 g/mol. The number of carbonyl (C=O) groups is 2. The number of aromatic nitrogens is 1. The molecule has 3 aromatic rings. The number of halogens is 6. The highest BCUT2D eigenvalue weighted by Gasteiger charge is 2.56. The summed E-state index contributed by atoms with van der Waals surface area (Å²) in [6.07, 6.45) is -6.79. The van der Waals surface area contributed by atoms with E-state index in [1.807, 2.05) is 24.3 Å². The highest BCUT2D eigenvalue weighted by molar-refractivity contribution is 5.97. The fraction of sp³-hybridized carbons (Fsp3) is 0.486. The molecule has 0 spiro atoms. The van der Waals surface area contributed by atoms with E-state index in [0.717, 1.165) is 48.4 Å². The van der Waals surface area contributed by atoms with Gasteiger partial charge in [-0.3, -0.25) is 14.6 Å². The van der Waals surface area contributed by atoms with Gasteiger partial charge in [0.15, 0.2) is 0 Å². The average molecular weight is 739 g/mol. The predicted molar refractivity (Wildman–Crippen MR) is 182 cm³/mol. The van der Waals surface area contributed by atoms with Gasteiger partial charge in [0.05, 0.1) is 35.0 Å². The molecule has 0 aliphatic carbocycles. The normalized spacial score (nSPS) is 19.5. The number of piperidine rings is 1. The van der Waals surface area contributed by atoms with E-state index in [-0.39, 0.29) is 52.1 Å². The summed E-state index contributed by atoms with van der Waals surface area (Å²) in [5, 5.41) is 0. The first kappa shape index (κ1) is 40.2. The van der Waals surface area contributed by atoms with Crippen molar-refractivity contribution in [1.82, 2.24) is 14.8 Å². The van der Waals surface area contributed by atoms with Crippen molar-refractivity contribution >= 4 is 17.5 Å². The van der Waals surface area contributed by atoms with Crippen LogP contribution in [0.5, 0.6) is 11.5 Å². The highest BCUT2D eigenvalue weighted by Crippen LogP contribution is 2.41. The lowest BCUT2D eigenvalue weighted by Crippen LogP contribution is -2.69. The first-order valence-corrected chi connectivity index (χ1v) is 16.7. The fourth-order valence-electron chi connectivity index (χ4n) is 6.79. The standard InChI is InChI=1S/C36H40F6N4O5.CH4/c1-3-7-31-34(51-26-12-10-25(11-13-26)35(37,38)39,15-6-17-46(31)32(47)27-24-43-16-14-28(27)36(40,41)42)33(48)45-20-18-44(19-21-45)29-8-4-5-9-30(29)50-23-22-49-2;/h4-5,8-14,16,24,31H,3,6-7,15,17-23H2,1-2H3;1H4/t31?,34-;/m0./s1. The van der Waals surface area contributed by atoms with Crippen LogP contribution in [-0.2, 0) is 21.9 Å². The molecule has 0 bridgehead atoms. The third kappa shape index (κ3) is 8.73. The van der Waals surface area contributed by atoms with E-state index >= 15 is 0 Å². The number of ether oxygens (including phenoxy) is 3. The van der Waals surface area contributed by atoms with Crippen LogP contribution in [0.4, 0.5) is 32.0 Å². The molecule has 0 N–H and O–H groups in total. The minimum atomic E-state index is -4.85. The zero-order chi connectivity index (χ0) is 36.8. The summed E-state index contributed by atoms with van der Waals surface area (Å²) < 4.78 is 99.8. The van der Waals surface area contributed by atoms with E-state index in [9.17, 15) is 35.9 Å². The number of methoxy groups -OCH3 is 1. The van der Waals surface area contributed by atoms with Gasteiger partial charge < -0.3 is 28.9 Å². The van der Waals surface area contributed by atoms with Crippen LogP contribution in [0.2, 0.25) is 0 Å². The molecule has 0 radical (unpaired) electrons. The number of anilines is 1. The Bertz CT molecular complexity index is 1650. The van der Waals surface area contributed by atoms with Gasteiger partial charge in [0.1, 0.15) is 18.1 Å². The average Bonchev–Trinajstić information content (AvgIpc) is 3.12. The van der Waals surface area contributed by atoms with Crippen LogP contribution >= 0.6 is 0 Å². The largest absolute Gasteiger partial charge is 0.489 e. The lowest BCUT2D eigenvalue weighted by molar-refractivity contribution is -0.159. The van der Waals surface area contributed by atoms with Gasteiger partial charge in [-0.2, -0.15) is 26.3 Å². The number of nitrogens with zero attached hydrogens (tertiary/aromatic N) is 4. The summed E-state index contributed by atoms with van der Waals surface area (Å²) in [6.45, 7) is 3.85. The molecule has 2 aliphatic heterocycles. The van der Waals surface area contributed by atoms with Gasteiger partial charge in [0.25, 0.3) is 11.8 Å². The number of likely N-dealkylation sites (tertiary alicyclic amines) is 1. The Balaban J connectivity index is 0.00000605. The Hall–Kier alpha value is -4.53. The number of carbonyl (C=O) groups excluding carboxylic acids is 2. The van der Waals surface area contributed by atoms with E-state index in [1.165, 1.54) is 4.90 Å². The molecule has 284 valence electrons. The molecule has 2 fully saturated rings. The third-order valence-electron chi connectivity index (χ3n) is 9.20. The molecular formula is C37H44F6N4O5. The molecule has 1 unspecified atom stereocenters. The minimum absolute atomic E-state index is 0. The molecule has 2 aromatic carbocycles. The molecule has 2 atom stereocenters. The molecule has 15 heteroatoms. The third-order valence-corrected chi connectivity index (χ3v) is 9.20. The number of para-hydroxylation sites is 2. The van der Waals surface area contributed by atoms with E-state index in [4.69, 9.17) is 14.2 Å². The van der Waals surface area contributed by atoms with Crippen molar-refractivity contribution in [2.75, 3.05) is 57.9 Å². The van der Waals surface area contributed by atoms with Gasteiger partial charge in [-0.15, -0.1) is 0 Å². The van der Waals surface area contributed by atoms with Crippen molar-refractivity contribution in [2.24, 2.45) is 0 Å². The number of hydrogen-bond donors (Lipinski definition) is 0. The van der Waals surface area contributed by atoms with Crippen LogP contribution in [0.15, 0.2) is 67.0 Å². The van der Waals surface area contributed by atoms with E-state index < -0.39 is 52.5 Å². The van der Waals surface area contributed by atoms with E-state index in [0.29, 0.717) is 38.5 Å². The summed E-state index contributed by atoms with van der Waals surface area (Å²) in [6, 6.07) is 11.0. The van der Waals surface area contributed by atoms with Gasteiger partial charge in [-0.25, -0.2) is 0 Å². The quantitative estimate of drug-likeness (QED) is 0.150. The summed E-state index contributed by atoms with van der Waals surface area (Å²) >= 11 is 0. The SMILES string of the molecule is C.CCCC1N(C(=O)c2cnccc2C(F)(F)F)CCC[C@@]1(Oc1ccc(C(F)(F)F)cc1)C(=O)N1CCN(c2ccccc2OCCOC)CC1. The summed E-state index contributed by atoms with van der Waals surface area (Å²) in [4.78, 5) is 37.5. The zero-order valence-electron chi connectivity index (χ0n) is 28.3. The number of amides is 2. The molecule has 0 saturated carbocycles. The lowest BCUT2D eigenvalue weighted by Gasteiger charge is -2.51. The smallest absolute Gasteiger partial charge is 0.417 e. The summed E-state index contributed by atoms with van der Waals surface area (Å²) in [5.74, 6) is -0.846. The Morgan fingerprint density at radius 2 is 1.60 bits per heavy atom. The topological polar surface area (TPSA) is 84.4 Å². The van der Waals surface area contributed by atoms with Crippen molar-refractivity contribution in [3.05, 3.63) is 83.7 Å². The van der Waals surface area contributed by atoms with Gasteiger partial charge in [-0.1, -0.05) is 32.9 Å². The number of rotatable bonds is 11. The van der Waals surface area contributed by atoms with Crippen LogP contribution in [0.1, 0.15) is 61.5 Å². The van der Waals surface area contributed by atoms with Gasteiger partial charge >= 0.3 is 12.4 Å². The molecule has 2 aliphatic rings. The molecule has 9 nitrogen and oxygen atoms in total. The first-order chi connectivity index (χ1) is 24.3. The van der Waals surface area contributed by atoms with Gasteiger partial charge in [0.2, 0.25) is 5.60 Å². The van der Waals surface area contributed by atoms with E-state index in [2.05, 4.69) is 9.88 Å². The lowest BCUT2D eigenvalue weighted by atomic mass is 9.79. The minimum Gasteiger partial charge on any atom is -0.489 e. The highest BCUT2D eigenvalue weighted by atomic mass is 19.4.